The Labute approximate surface area is 232 Å². The number of nitrogens with zero attached hydrogens (tertiary/aromatic N) is 5. The predicted octanol–water partition coefficient (Wildman–Crippen LogP) is 3.28. The first-order valence-corrected chi connectivity index (χ1v) is 13.0. The van der Waals surface area contributed by atoms with E-state index in [1.807, 2.05) is 29.2 Å². The minimum atomic E-state index is -4.53. The Morgan fingerprint density at radius 1 is 1.00 bits per heavy atom. The van der Waals surface area contributed by atoms with Crippen molar-refractivity contribution in [3.05, 3.63) is 88.6 Å². The maximum Gasteiger partial charge on any atom is 0.451 e. The smallest absolute Gasteiger partial charge is 0.451 e. The normalized spacial score (nSPS) is 19.3. The lowest BCUT2D eigenvalue weighted by Gasteiger charge is -2.29. The maximum atomic E-state index is 13.3. The molecule has 0 bridgehead atoms. The summed E-state index contributed by atoms with van der Waals surface area (Å²) in [5.74, 6) is -1.96. The molecule has 4 heterocycles. The summed E-state index contributed by atoms with van der Waals surface area (Å²) < 4.78 is 46.3. The zero-order chi connectivity index (χ0) is 28.9. The average molecular weight is 567 g/mol. The highest BCUT2D eigenvalue weighted by Gasteiger charge is 2.45. The van der Waals surface area contributed by atoms with Crippen LogP contribution < -0.4 is 10.1 Å². The van der Waals surface area contributed by atoms with E-state index in [2.05, 4.69) is 22.1 Å². The molecule has 3 aromatic rings. The molecule has 1 aromatic heterocycles. The van der Waals surface area contributed by atoms with Crippen molar-refractivity contribution >= 4 is 17.7 Å². The predicted molar refractivity (Wildman–Crippen MR) is 137 cm³/mol. The number of rotatable bonds is 6. The van der Waals surface area contributed by atoms with E-state index >= 15 is 0 Å². The molecule has 41 heavy (non-hydrogen) atoms. The summed E-state index contributed by atoms with van der Waals surface area (Å²) in [6.45, 7) is 5.24. The van der Waals surface area contributed by atoms with Crippen molar-refractivity contribution in [2.45, 2.75) is 51.3 Å². The van der Waals surface area contributed by atoms with Crippen LogP contribution in [-0.2, 0) is 37.2 Å². The summed E-state index contributed by atoms with van der Waals surface area (Å²) in [4.78, 5) is 41.8. The van der Waals surface area contributed by atoms with Gasteiger partial charge in [0.2, 0.25) is 11.7 Å². The standard InChI is InChI=1S/C28H25F3N6O4/c1-16-5-10-20(24(38)32-16)37-25(39)19-3-2-4-21(23(19)26(37)40)41-15-18-8-6-17(7-9-18)13-35-11-12-36-22(14-35)33-34-27(36)28(29,30)31/h2-4,6-9,20H,1,5,10-15H2,(H,32,38). The minimum absolute atomic E-state index is 0.134. The van der Waals surface area contributed by atoms with Gasteiger partial charge in [-0.2, -0.15) is 13.2 Å². The third-order valence-electron chi connectivity index (χ3n) is 7.45. The second-order valence-corrected chi connectivity index (χ2v) is 10.2. The number of hydrogen-bond acceptors (Lipinski definition) is 7. The topological polar surface area (TPSA) is 110 Å². The largest absolute Gasteiger partial charge is 0.488 e. The van der Waals surface area contributed by atoms with Crippen LogP contribution in [0.1, 0.15) is 56.3 Å². The molecule has 212 valence electrons. The third-order valence-corrected chi connectivity index (χ3v) is 7.45. The van der Waals surface area contributed by atoms with Gasteiger partial charge in [0.05, 0.1) is 17.7 Å². The number of amides is 3. The van der Waals surface area contributed by atoms with Gasteiger partial charge in [0.25, 0.3) is 11.8 Å². The van der Waals surface area contributed by atoms with Gasteiger partial charge in [0.15, 0.2) is 0 Å². The van der Waals surface area contributed by atoms with E-state index in [0.29, 0.717) is 31.6 Å². The van der Waals surface area contributed by atoms with Gasteiger partial charge in [0, 0.05) is 25.3 Å². The molecule has 1 saturated heterocycles. The number of alkyl halides is 3. The van der Waals surface area contributed by atoms with Crippen molar-refractivity contribution in [3.8, 4) is 5.75 Å². The van der Waals surface area contributed by atoms with Crippen LogP contribution in [0.3, 0.4) is 0 Å². The molecule has 10 nitrogen and oxygen atoms in total. The van der Waals surface area contributed by atoms with Gasteiger partial charge in [-0.1, -0.05) is 36.9 Å². The fourth-order valence-corrected chi connectivity index (χ4v) is 5.40. The van der Waals surface area contributed by atoms with E-state index in [1.54, 1.807) is 18.2 Å². The Kier molecular flexibility index (Phi) is 6.60. The quantitative estimate of drug-likeness (QED) is 0.456. The molecule has 1 unspecified atom stereocenters. The Hall–Kier alpha value is -4.52. The van der Waals surface area contributed by atoms with E-state index in [9.17, 15) is 27.6 Å². The first-order valence-electron chi connectivity index (χ1n) is 13.0. The number of hydrogen-bond donors (Lipinski definition) is 1. The number of carbonyl (C=O) groups excluding carboxylic acids is 3. The van der Waals surface area contributed by atoms with Crippen molar-refractivity contribution in [1.82, 2.24) is 29.9 Å². The maximum absolute atomic E-state index is 13.3. The van der Waals surface area contributed by atoms with Crippen molar-refractivity contribution < 1.29 is 32.3 Å². The molecule has 0 spiro atoms. The molecular weight excluding hydrogens is 541 g/mol. The summed E-state index contributed by atoms with van der Waals surface area (Å²) in [7, 11) is 0. The summed E-state index contributed by atoms with van der Waals surface area (Å²) in [6.07, 6.45) is -3.75. The first-order chi connectivity index (χ1) is 19.6. The van der Waals surface area contributed by atoms with Crippen molar-refractivity contribution in [1.29, 1.82) is 0 Å². The minimum Gasteiger partial charge on any atom is -0.488 e. The molecule has 2 aromatic carbocycles. The highest BCUT2D eigenvalue weighted by molar-refractivity contribution is 6.24. The van der Waals surface area contributed by atoms with Gasteiger partial charge >= 0.3 is 6.18 Å². The number of piperidine rings is 1. The van der Waals surface area contributed by atoms with Gasteiger partial charge in [-0.15, -0.1) is 10.2 Å². The lowest BCUT2D eigenvalue weighted by molar-refractivity contribution is -0.148. The van der Waals surface area contributed by atoms with Gasteiger partial charge in [-0.3, -0.25) is 24.2 Å². The third kappa shape index (κ3) is 4.97. The number of nitrogens with one attached hydrogen (secondary N) is 1. The van der Waals surface area contributed by atoms with Crippen LogP contribution in [-0.4, -0.2) is 54.9 Å². The van der Waals surface area contributed by atoms with Gasteiger partial charge in [-0.25, -0.2) is 0 Å². The molecule has 0 aliphatic carbocycles. The number of fused-ring (bicyclic) bond motifs is 2. The van der Waals surface area contributed by atoms with Crippen LogP contribution in [0.25, 0.3) is 0 Å². The number of benzene rings is 2. The number of allylic oxidation sites excluding steroid dienone is 1. The molecule has 0 radical (unpaired) electrons. The van der Waals surface area contributed by atoms with Crippen molar-refractivity contribution in [2.24, 2.45) is 0 Å². The number of carbonyl (C=O) groups is 3. The average Bonchev–Trinajstić information content (AvgIpc) is 3.47. The Bertz CT molecular complexity index is 1570. The number of imide groups is 1. The molecule has 1 N–H and O–H groups in total. The summed E-state index contributed by atoms with van der Waals surface area (Å²) in [6, 6.07) is 11.4. The fraction of sp³-hybridized carbons (Fsp3) is 0.321. The van der Waals surface area contributed by atoms with Crippen LogP contribution in [0.5, 0.6) is 5.75 Å². The molecule has 3 aliphatic rings. The molecule has 6 rings (SSSR count). The molecule has 3 aliphatic heterocycles. The number of aromatic nitrogens is 3. The SMILES string of the molecule is C=C1CCC(N2C(=O)c3cccc(OCc4ccc(CN5CCn6c(nnc6C(F)(F)F)C5)cc4)c3C2=O)C(=O)N1. The van der Waals surface area contributed by atoms with E-state index < -0.39 is 35.8 Å². The van der Waals surface area contributed by atoms with E-state index in [-0.39, 0.29) is 42.4 Å². The fourth-order valence-electron chi connectivity index (χ4n) is 5.40. The highest BCUT2D eigenvalue weighted by atomic mass is 19.4. The van der Waals surface area contributed by atoms with Crippen LogP contribution >= 0.6 is 0 Å². The van der Waals surface area contributed by atoms with E-state index in [1.165, 1.54) is 0 Å². The lowest BCUT2D eigenvalue weighted by atomic mass is 10.0. The summed E-state index contributed by atoms with van der Waals surface area (Å²) in [5.41, 5.74) is 2.66. The van der Waals surface area contributed by atoms with Crippen LogP contribution in [0, 0.1) is 0 Å². The second kappa shape index (κ2) is 10.1. The van der Waals surface area contributed by atoms with E-state index in [4.69, 9.17) is 4.74 Å². The molecule has 1 fully saturated rings. The molecule has 0 saturated carbocycles. The highest BCUT2D eigenvalue weighted by Crippen LogP contribution is 2.34. The summed E-state index contributed by atoms with van der Waals surface area (Å²) >= 11 is 0. The summed E-state index contributed by atoms with van der Waals surface area (Å²) in [5, 5.41) is 9.65. The Balaban J connectivity index is 1.09. The Morgan fingerprint density at radius 3 is 2.49 bits per heavy atom. The zero-order valence-corrected chi connectivity index (χ0v) is 21.8. The molecule has 1 atom stereocenters. The van der Waals surface area contributed by atoms with Gasteiger partial charge in [-0.05, 0) is 36.1 Å². The lowest BCUT2D eigenvalue weighted by Crippen LogP contribution is -2.51. The molecule has 13 heteroatoms. The molecular formula is C28H25F3N6O4. The van der Waals surface area contributed by atoms with Crippen molar-refractivity contribution in [3.63, 3.8) is 0 Å². The van der Waals surface area contributed by atoms with Crippen molar-refractivity contribution in [2.75, 3.05) is 6.54 Å². The number of halogens is 3. The van der Waals surface area contributed by atoms with Gasteiger partial charge < -0.3 is 14.6 Å². The first kappa shape index (κ1) is 26.7. The number of ether oxygens (including phenoxy) is 1. The van der Waals surface area contributed by atoms with Gasteiger partial charge in [0.1, 0.15) is 24.2 Å². The second-order valence-electron chi connectivity index (χ2n) is 10.2. The molecule has 3 amide bonds. The van der Waals surface area contributed by atoms with Crippen LogP contribution in [0.4, 0.5) is 13.2 Å². The zero-order valence-electron chi connectivity index (χ0n) is 21.8. The van der Waals surface area contributed by atoms with Crippen LogP contribution in [0.15, 0.2) is 54.7 Å². The van der Waals surface area contributed by atoms with E-state index in [0.717, 1.165) is 20.6 Å². The monoisotopic (exact) mass is 566 g/mol. The Morgan fingerprint density at radius 2 is 1.76 bits per heavy atom. The van der Waals surface area contributed by atoms with Crippen LogP contribution in [0.2, 0.25) is 0 Å².